The highest BCUT2D eigenvalue weighted by molar-refractivity contribution is 6.30. The van der Waals surface area contributed by atoms with Gasteiger partial charge in [0.25, 0.3) is 0 Å². The van der Waals surface area contributed by atoms with Crippen LogP contribution in [0.5, 0.6) is 5.75 Å². The third kappa shape index (κ3) is 3.44. The first-order valence-corrected chi connectivity index (χ1v) is 8.78. The average Bonchev–Trinajstić information content (AvgIpc) is 3.09. The van der Waals surface area contributed by atoms with Gasteiger partial charge in [-0.1, -0.05) is 60.1 Å². The first-order valence-electron chi connectivity index (χ1n) is 8.40. The van der Waals surface area contributed by atoms with Crippen LogP contribution >= 0.6 is 11.6 Å². The van der Waals surface area contributed by atoms with E-state index >= 15 is 0 Å². The molecule has 0 amide bonds. The topological polar surface area (TPSA) is 42.1 Å². The van der Waals surface area contributed by atoms with Gasteiger partial charge in [-0.05, 0) is 23.8 Å². The van der Waals surface area contributed by atoms with Crippen molar-refractivity contribution >= 4 is 28.3 Å². The number of fused-ring (bicyclic) bond motifs is 1. The molecule has 0 radical (unpaired) electrons. The van der Waals surface area contributed by atoms with Gasteiger partial charge in [0.05, 0.1) is 16.3 Å². The molecular formula is C22H15ClFNO2. The Bertz CT molecular complexity index is 1120. The molecule has 0 unspecified atom stereocenters. The van der Waals surface area contributed by atoms with E-state index in [1.807, 2.05) is 54.6 Å². The van der Waals surface area contributed by atoms with Crippen LogP contribution in [0.3, 0.4) is 0 Å². The van der Waals surface area contributed by atoms with Crippen molar-refractivity contribution in [1.82, 2.24) is 4.98 Å². The van der Waals surface area contributed by atoms with E-state index < -0.39 is 5.82 Å². The van der Waals surface area contributed by atoms with E-state index in [2.05, 4.69) is 4.98 Å². The van der Waals surface area contributed by atoms with Crippen molar-refractivity contribution in [3.63, 3.8) is 0 Å². The Morgan fingerprint density at radius 2 is 1.74 bits per heavy atom. The quantitative estimate of drug-likeness (QED) is 0.439. The van der Waals surface area contributed by atoms with Gasteiger partial charge in [-0.2, -0.15) is 0 Å². The Morgan fingerprint density at radius 3 is 2.52 bits per heavy atom. The molecule has 3 nitrogen and oxygen atoms in total. The number of nitrogens with one attached hydrogen (secondary N) is 1. The van der Waals surface area contributed by atoms with Crippen molar-refractivity contribution in [3.05, 3.63) is 89.2 Å². The van der Waals surface area contributed by atoms with Crippen LogP contribution in [0.15, 0.2) is 72.8 Å². The minimum atomic E-state index is -0.529. The normalized spacial score (nSPS) is 10.9. The third-order valence-corrected chi connectivity index (χ3v) is 4.60. The second kappa shape index (κ2) is 7.25. The van der Waals surface area contributed by atoms with Crippen LogP contribution in [0.4, 0.5) is 4.39 Å². The predicted octanol–water partition coefficient (Wildman–Crippen LogP) is 5.89. The Hall–Kier alpha value is -3.11. The summed E-state index contributed by atoms with van der Waals surface area (Å²) in [6.07, 6.45) is 0. The van der Waals surface area contributed by atoms with Crippen molar-refractivity contribution in [2.45, 2.75) is 0 Å². The van der Waals surface area contributed by atoms with E-state index in [0.29, 0.717) is 11.3 Å². The zero-order valence-corrected chi connectivity index (χ0v) is 15.0. The molecule has 0 saturated heterocycles. The number of benzene rings is 3. The lowest BCUT2D eigenvalue weighted by Crippen LogP contribution is -2.12. The molecule has 4 rings (SSSR count). The fourth-order valence-electron chi connectivity index (χ4n) is 3.04. The number of carbonyl (C=O) groups excluding carboxylic acids is 1. The lowest BCUT2D eigenvalue weighted by molar-refractivity contribution is 0.0924. The highest BCUT2D eigenvalue weighted by Crippen LogP contribution is 2.31. The summed E-state index contributed by atoms with van der Waals surface area (Å²) in [5, 5.41) is 0.791. The van der Waals surface area contributed by atoms with Crippen molar-refractivity contribution < 1.29 is 13.9 Å². The number of aromatic nitrogens is 1. The predicted molar refractivity (Wildman–Crippen MR) is 105 cm³/mol. The van der Waals surface area contributed by atoms with Crippen LogP contribution in [-0.4, -0.2) is 17.4 Å². The molecule has 0 atom stereocenters. The zero-order chi connectivity index (χ0) is 18.8. The molecule has 0 saturated carbocycles. The first-order chi connectivity index (χ1) is 13.1. The number of carbonyl (C=O) groups is 1. The number of Topliss-reactive ketones (excluding diaryl/α,β-unsaturated/α-hetero) is 1. The summed E-state index contributed by atoms with van der Waals surface area (Å²) in [5.74, 6) is -0.360. The third-order valence-electron chi connectivity index (χ3n) is 4.31. The lowest BCUT2D eigenvalue weighted by atomic mass is 10.0. The SMILES string of the molecule is O=C(COc1ccc(F)c(Cl)c1)c1c(-c2ccccc2)[nH]c2ccccc12. The minimum Gasteiger partial charge on any atom is -0.485 e. The summed E-state index contributed by atoms with van der Waals surface area (Å²) in [7, 11) is 0. The maximum absolute atomic E-state index is 13.3. The van der Waals surface area contributed by atoms with Crippen molar-refractivity contribution in [3.8, 4) is 17.0 Å². The Balaban J connectivity index is 1.69. The van der Waals surface area contributed by atoms with E-state index in [4.69, 9.17) is 16.3 Å². The number of H-pyrrole nitrogens is 1. The number of hydrogen-bond acceptors (Lipinski definition) is 2. The van der Waals surface area contributed by atoms with E-state index in [1.54, 1.807) is 0 Å². The molecule has 0 aliphatic carbocycles. The number of halogens is 2. The summed E-state index contributed by atoms with van der Waals surface area (Å²) < 4.78 is 18.8. The summed E-state index contributed by atoms with van der Waals surface area (Å²) in [5.41, 5.74) is 3.12. The van der Waals surface area contributed by atoms with Gasteiger partial charge >= 0.3 is 0 Å². The van der Waals surface area contributed by atoms with Gasteiger partial charge in [0, 0.05) is 17.0 Å². The smallest absolute Gasteiger partial charge is 0.202 e. The first kappa shape index (κ1) is 17.3. The monoisotopic (exact) mass is 379 g/mol. The molecule has 1 heterocycles. The largest absolute Gasteiger partial charge is 0.485 e. The molecule has 1 N–H and O–H groups in total. The van der Waals surface area contributed by atoms with Gasteiger partial charge in [0.15, 0.2) is 6.61 Å². The van der Waals surface area contributed by atoms with Crippen LogP contribution in [0.1, 0.15) is 10.4 Å². The van der Waals surface area contributed by atoms with E-state index in [1.165, 1.54) is 18.2 Å². The molecule has 5 heteroatoms. The molecule has 134 valence electrons. The average molecular weight is 380 g/mol. The van der Waals surface area contributed by atoms with E-state index in [0.717, 1.165) is 22.2 Å². The minimum absolute atomic E-state index is 0.0444. The second-order valence-corrected chi connectivity index (χ2v) is 6.48. The Morgan fingerprint density at radius 1 is 1.00 bits per heavy atom. The Labute approximate surface area is 160 Å². The van der Waals surface area contributed by atoms with E-state index in [-0.39, 0.29) is 17.4 Å². The van der Waals surface area contributed by atoms with Crippen LogP contribution in [-0.2, 0) is 0 Å². The maximum Gasteiger partial charge on any atom is 0.202 e. The van der Waals surface area contributed by atoms with Gasteiger partial charge in [0.1, 0.15) is 11.6 Å². The van der Waals surface area contributed by atoms with Gasteiger partial charge in [0.2, 0.25) is 5.78 Å². The zero-order valence-electron chi connectivity index (χ0n) is 14.2. The number of ketones is 1. The maximum atomic E-state index is 13.3. The number of aromatic amines is 1. The summed E-state index contributed by atoms with van der Waals surface area (Å²) >= 11 is 5.77. The summed E-state index contributed by atoms with van der Waals surface area (Å²) in [6.45, 7) is -0.177. The summed E-state index contributed by atoms with van der Waals surface area (Å²) in [4.78, 5) is 16.3. The fraction of sp³-hybridized carbons (Fsp3) is 0.0455. The number of para-hydroxylation sites is 1. The Kier molecular flexibility index (Phi) is 4.65. The molecule has 0 aliphatic heterocycles. The molecule has 27 heavy (non-hydrogen) atoms. The molecule has 4 aromatic rings. The van der Waals surface area contributed by atoms with Gasteiger partial charge in [-0.25, -0.2) is 4.39 Å². The van der Waals surface area contributed by atoms with Gasteiger partial charge in [-0.15, -0.1) is 0 Å². The van der Waals surface area contributed by atoms with Crippen molar-refractivity contribution in [2.24, 2.45) is 0 Å². The van der Waals surface area contributed by atoms with Crippen LogP contribution in [0.2, 0.25) is 5.02 Å². The number of ether oxygens (including phenoxy) is 1. The molecule has 0 fully saturated rings. The molecule has 0 spiro atoms. The van der Waals surface area contributed by atoms with Crippen molar-refractivity contribution in [2.75, 3.05) is 6.61 Å². The van der Waals surface area contributed by atoms with Gasteiger partial charge < -0.3 is 9.72 Å². The van der Waals surface area contributed by atoms with Crippen LogP contribution in [0.25, 0.3) is 22.2 Å². The highest BCUT2D eigenvalue weighted by Gasteiger charge is 2.20. The molecule has 0 aliphatic rings. The number of hydrogen-bond donors (Lipinski definition) is 1. The fourth-order valence-corrected chi connectivity index (χ4v) is 3.21. The molecule has 1 aromatic heterocycles. The summed E-state index contributed by atoms with van der Waals surface area (Å²) in [6, 6.07) is 21.3. The van der Waals surface area contributed by atoms with Crippen LogP contribution in [0, 0.1) is 5.82 Å². The molecule has 3 aromatic carbocycles. The van der Waals surface area contributed by atoms with Gasteiger partial charge in [-0.3, -0.25) is 4.79 Å². The second-order valence-electron chi connectivity index (χ2n) is 6.07. The van der Waals surface area contributed by atoms with Crippen LogP contribution < -0.4 is 4.74 Å². The standard InChI is InChI=1S/C22H15ClFNO2/c23-17-12-15(10-11-18(17)24)27-13-20(26)21-16-8-4-5-9-19(16)25-22(21)14-6-2-1-3-7-14/h1-12,25H,13H2. The van der Waals surface area contributed by atoms with Crippen molar-refractivity contribution in [1.29, 1.82) is 0 Å². The highest BCUT2D eigenvalue weighted by atomic mass is 35.5. The molecule has 0 bridgehead atoms. The van der Waals surface area contributed by atoms with E-state index in [9.17, 15) is 9.18 Å². The lowest BCUT2D eigenvalue weighted by Gasteiger charge is -2.08. The molecular weight excluding hydrogens is 365 g/mol. The number of rotatable bonds is 5.